The van der Waals surface area contributed by atoms with E-state index in [0.29, 0.717) is 11.0 Å². The highest BCUT2D eigenvalue weighted by Gasteiger charge is 2.24. The number of aromatic nitrogens is 1. The lowest BCUT2D eigenvalue weighted by molar-refractivity contribution is 0.0691. The van der Waals surface area contributed by atoms with Gasteiger partial charge in [-0.1, -0.05) is 6.92 Å². The zero-order valence-corrected chi connectivity index (χ0v) is 13.2. The molecule has 0 unspecified atom stereocenters. The summed E-state index contributed by atoms with van der Waals surface area (Å²) >= 11 is 1.24. The summed E-state index contributed by atoms with van der Waals surface area (Å²) < 4.78 is 0. The Kier molecular flexibility index (Phi) is 5.17. The van der Waals surface area contributed by atoms with Crippen molar-refractivity contribution in [1.82, 2.24) is 15.2 Å². The predicted octanol–water partition coefficient (Wildman–Crippen LogP) is 2.56. The SMILES string of the molecule is CC1CCC(N(C)C(=O)NCc2nc(C(=O)O)cs2)CC1. The van der Waals surface area contributed by atoms with E-state index in [0.717, 1.165) is 31.6 Å². The first kappa shape index (κ1) is 15.8. The lowest BCUT2D eigenvalue weighted by atomic mass is 9.87. The molecule has 1 aromatic rings. The molecule has 6 nitrogen and oxygen atoms in total. The van der Waals surface area contributed by atoms with Crippen molar-refractivity contribution in [3.8, 4) is 0 Å². The number of carboxylic acid groups (broad SMARTS) is 1. The highest BCUT2D eigenvalue weighted by atomic mass is 32.1. The lowest BCUT2D eigenvalue weighted by Crippen LogP contribution is -2.44. The average Bonchev–Trinajstić information content (AvgIpc) is 2.94. The van der Waals surface area contributed by atoms with Gasteiger partial charge in [-0.3, -0.25) is 0 Å². The van der Waals surface area contributed by atoms with Crippen molar-refractivity contribution in [2.45, 2.75) is 45.2 Å². The summed E-state index contributed by atoms with van der Waals surface area (Å²) in [6, 6.07) is 0.175. The molecule has 1 aliphatic rings. The van der Waals surface area contributed by atoms with Gasteiger partial charge in [0.05, 0.1) is 6.54 Å². The van der Waals surface area contributed by atoms with Gasteiger partial charge in [-0.2, -0.15) is 0 Å². The number of carboxylic acids is 1. The fraction of sp³-hybridized carbons (Fsp3) is 0.643. The van der Waals surface area contributed by atoms with Crippen LogP contribution in [0.5, 0.6) is 0 Å². The largest absolute Gasteiger partial charge is 0.476 e. The van der Waals surface area contributed by atoms with E-state index in [4.69, 9.17) is 5.11 Å². The molecule has 1 saturated carbocycles. The molecule has 1 heterocycles. The molecule has 0 bridgehead atoms. The molecule has 1 fully saturated rings. The van der Waals surface area contributed by atoms with E-state index in [1.807, 2.05) is 7.05 Å². The van der Waals surface area contributed by atoms with Gasteiger partial charge in [-0.25, -0.2) is 14.6 Å². The van der Waals surface area contributed by atoms with E-state index in [-0.39, 0.29) is 18.3 Å². The maximum absolute atomic E-state index is 12.1. The molecule has 1 aromatic heterocycles. The van der Waals surface area contributed by atoms with Gasteiger partial charge < -0.3 is 15.3 Å². The van der Waals surface area contributed by atoms with Crippen molar-refractivity contribution in [2.24, 2.45) is 5.92 Å². The van der Waals surface area contributed by atoms with Crippen molar-refractivity contribution >= 4 is 23.3 Å². The van der Waals surface area contributed by atoms with E-state index in [1.165, 1.54) is 16.7 Å². The quantitative estimate of drug-likeness (QED) is 0.895. The van der Waals surface area contributed by atoms with Crippen molar-refractivity contribution in [2.75, 3.05) is 7.05 Å². The van der Waals surface area contributed by atoms with Gasteiger partial charge >= 0.3 is 12.0 Å². The van der Waals surface area contributed by atoms with Crippen LogP contribution in [0.1, 0.15) is 48.1 Å². The van der Waals surface area contributed by atoms with Crippen LogP contribution in [0.2, 0.25) is 0 Å². The van der Waals surface area contributed by atoms with Crippen LogP contribution in [-0.2, 0) is 6.54 Å². The molecule has 0 radical (unpaired) electrons. The van der Waals surface area contributed by atoms with Crippen LogP contribution in [0, 0.1) is 5.92 Å². The molecule has 0 spiro atoms. The molecule has 1 aliphatic carbocycles. The number of carbonyl (C=O) groups excluding carboxylic acids is 1. The number of rotatable bonds is 4. The molecule has 7 heteroatoms. The molecule has 2 rings (SSSR count). The number of amides is 2. The lowest BCUT2D eigenvalue weighted by Gasteiger charge is -2.33. The summed E-state index contributed by atoms with van der Waals surface area (Å²) in [6.45, 7) is 2.52. The number of aromatic carboxylic acids is 1. The van der Waals surface area contributed by atoms with E-state index in [1.54, 1.807) is 4.90 Å². The van der Waals surface area contributed by atoms with Gasteiger partial charge in [0.15, 0.2) is 5.69 Å². The van der Waals surface area contributed by atoms with Gasteiger partial charge in [-0.05, 0) is 31.6 Å². The predicted molar refractivity (Wildman–Crippen MR) is 80.5 cm³/mol. The molecular weight excluding hydrogens is 290 g/mol. The van der Waals surface area contributed by atoms with Gasteiger partial charge in [0.2, 0.25) is 0 Å². The highest BCUT2D eigenvalue weighted by Crippen LogP contribution is 2.26. The van der Waals surface area contributed by atoms with Crippen LogP contribution in [0.4, 0.5) is 4.79 Å². The molecule has 0 aliphatic heterocycles. The minimum absolute atomic E-state index is 0.0267. The first-order valence-corrected chi connectivity index (χ1v) is 8.03. The Balaban J connectivity index is 1.81. The van der Waals surface area contributed by atoms with Gasteiger partial charge in [0.1, 0.15) is 5.01 Å². The standard InChI is InChI=1S/C14H21N3O3S/c1-9-3-5-10(6-4-9)17(2)14(20)15-7-12-16-11(8-21-12)13(18)19/h8-10H,3-7H2,1-2H3,(H,15,20)(H,18,19). The number of hydrogen-bond acceptors (Lipinski definition) is 4. The topological polar surface area (TPSA) is 82.5 Å². The minimum atomic E-state index is -1.04. The van der Waals surface area contributed by atoms with E-state index in [2.05, 4.69) is 17.2 Å². The normalized spacial score (nSPS) is 21.8. The molecule has 2 amide bonds. The van der Waals surface area contributed by atoms with E-state index >= 15 is 0 Å². The maximum Gasteiger partial charge on any atom is 0.355 e. The van der Waals surface area contributed by atoms with Crippen molar-refractivity contribution in [3.63, 3.8) is 0 Å². The number of nitrogens with zero attached hydrogens (tertiary/aromatic N) is 2. The third-order valence-corrected chi connectivity index (χ3v) is 4.86. The summed E-state index contributed by atoms with van der Waals surface area (Å²) in [5.74, 6) is -0.292. The molecule has 0 aromatic carbocycles. The zero-order valence-electron chi connectivity index (χ0n) is 12.3. The molecular formula is C14H21N3O3S. The molecule has 21 heavy (non-hydrogen) atoms. The highest BCUT2D eigenvalue weighted by molar-refractivity contribution is 7.09. The van der Waals surface area contributed by atoms with Crippen LogP contribution in [0.3, 0.4) is 0 Å². The maximum atomic E-state index is 12.1. The van der Waals surface area contributed by atoms with Crippen LogP contribution >= 0.6 is 11.3 Å². The smallest absolute Gasteiger partial charge is 0.355 e. The number of urea groups is 1. The monoisotopic (exact) mass is 311 g/mol. The fourth-order valence-electron chi connectivity index (χ4n) is 2.56. The third kappa shape index (κ3) is 4.17. The molecule has 116 valence electrons. The van der Waals surface area contributed by atoms with Crippen molar-refractivity contribution < 1.29 is 14.7 Å². The fourth-order valence-corrected chi connectivity index (χ4v) is 3.27. The number of hydrogen-bond donors (Lipinski definition) is 2. The van der Waals surface area contributed by atoms with Gasteiger partial charge in [0.25, 0.3) is 0 Å². The van der Waals surface area contributed by atoms with E-state index < -0.39 is 5.97 Å². The Labute approximate surface area is 128 Å². The third-order valence-electron chi connectivity index (χ3n) is 4.02. The average molecular weight is 311 g/mol. The van der Waals surface area contributed by atoms with Crippen molar-refractivity contribution in [3.05, 3.63) is 16.1 Å². The molecule has 0 atom stereocenters. The summed E-state index contributed by atoms with van der Waals surface area (Å²) in [5.41, 5.74) is 0.0267. The van der Waals surface area contributed by atoms with Crippen LogP contribution < -0.4 is 5.32 Å². The Morgan fingerprint density at radius 3 is 2.67 bits per heavy atom. The molecule has 0 saturated heterocycles. The first-order valence-electron chi connectivity index (χ1n) is 7.15. The number of thiazole rings is 1. The van der Waals surface area contributed by atoms with E-state index in [9.17, 15) is 9.59 Å². The second kappa shape index (κ2) is 6.89. The second-order valence-electron chi connectivity index (χ2n) is 5.61. The Bertz CT molecular complexity index is 509. The van der Waals surface area contributed by atoms with Crippen LogP contribution in [-0.4, -0.2) is 40.1 Å². The Morgan fingerprint density at radius 2 is 2.10 bits per heavy atom. The summed E-state index contributed by atoms with van der Waals surface area (Å²) in [5, 5.41) is 13.7. The Hall–Kier alpha value is -1.63. The summed E-state index contributed by atoms with van der Waals surface area (Å²) in [7, 11) is 1.82. The molecule has 2 N–H and O–H groups in total. The Morgan fingerprint density at radius 1 is 1.43 bits per heavy atom. The van der Waals surface area contributed by atoms with Crippen molar-refractivity contribution in [1.29, 1.82) is 0 Å². The first-order chi connectivity index (χ1) is 9.97. The number of nitrogens with one attached hydrogen (secondary N) is 1. The van der Waals surface area contributed by atoms with Gasteiger partial charge in [0, 0.05) is 18.5 Å². The van der Waals surface area contributed by atoms with Crippen LogP contribution in [0.25, 0.3) is 0 Å². The number of carbonyl (C=O) groups is 2. The van der Waals surface area contributed by atoms with Gasteiger partial charge in [-0.15, -0.1) is 11.3 Å². The van der Waals surface area contributed by atoms with Crippen LogP contribution in [0.15, 0.2) is 5.38 Å². The summed E-state index contributed by atoms with van der Waals surface area (Å²) in [4.78, 5) is 28.6. The minimum Gasteiger partial charge on any atom is -0.476 e. The summed E-state index contributed by atoms with van der Waals surface area (Å²) in [6.07, 6.45) is 4.42. The zero-order chi connectivity index (χ0) is 15.4. The second-order valence-corrected chi connectivity index (χ2v) is 6.56.